The zero-order valence-corrected chi connectivity index (χ0v) is 10.00. The third-order valence-corrected chi connectivity index (χ3v) is 3.47. The first-order chi connectivity index (χ1) is 8.85. The number of carbonyl (C=O) groups is 1. The van der Waals surface area contributed by atoms with Crippen LogP contribution in [0.3, 0.4) is 0 Å². The molecule has 0 spiro atoms. The van der Waals surface area contributed by atoms with Crippen molar-refractivity contribution in [3.63, 3.8) is 0 Å². The number of hydrogen-bond acceptors (Lipinski definition) is 3. The number of anilines is 1. The lowest BCUT2D eigenvalue weighted by Crippen LogP contribution is -2.44. The van der Waals surface area contributed by atoms with Crippen LogP contribution in [0.15, 0.2) is 18.3 Å². The molecule has 1 heterocycles. The number of hydrogen-bond donors (Lipinski definition) is 2. The van der Waals surface area contributed by atoms with Gasteiger partial charge in [-0.2, -0.15) is 13.2 Å². The Kier molecular flexibility index (Phi) is 3.38. The number of halogens is 3. The van der Waals surface area contributed by atoms with Crippen LogP contribution in [-0.4, -0.2) is 22.6 Å². The Balaban J connectivity index is 2.14. The molecule has 0 bridgehead atoms. The van der Waals surface area contributed by atoms with Crippen molar-refractivity contribution in [1.29, 1.82) is 0 Å². The van der Waals surface area contributed by atoms with Gasteiger partial charge in [0.15, 0.2) is 0 Å². The molecule has 7 heteroatoms. The monoisotopic (exact) mass is 274 g/mol. The summed E-state index contributed by atoms with van der Waals surface area (Å²) in [5, 5.41) is 11.6. The lowest BCUT2D eigenvalue weighted by atomic mass is 9.69. The Labute approximate surface area is 107 Å². The van der Waals surface area contributed by atoms with Gasteiger partial charge < -0.3 is 10.4 Å². The number of rotatable bonds is 4. The van der Waals surface area contributed by atoms with Crippen LogP contribution in [0.4, 0.5) is 19.0 Å². The molecule has 1 aliphatic carbocycles. The molecule has 1 aliphatic rings. The zero-order valence-electron chi connectivity index (χ0n) is 10.00. The molecule has 1 aromatic heterocycles. The number of carboxylic acids is 1. The number of nitrogens with zero attached hydrogens (tertiary/aromatic N) is 1. The second kappa shape index (κ2) is 4.71. The first-order valence-electron chi connectivity index (χ1n) is 5.85. The summed E-state index contributed by atoms with van der Waals surface area (Å²) < 4.78 is 38.2. The minimum atomic E-state index is -4.51. The van der Waals surface area contributed by atoms with Gasteiger partial charge in [-0.1, -0.05) is 6.42 Å². The predicted molar refractivity (Wildman–Crippen MR) is 61.6 cm³/mol. The highest BCUT2D eigenvalue weighted by molar-refractivity contribution is 5.76. The molecule has 0 aliphatic heterocycles. The van der Waals surface area contributed by atoms with E-state index in [0.29, 0.717) is 12.8 Å². The van der Waals surface area contributed by atoms with E-state index in [4.69, 9.17) is 5.11 Å². The van der Waals surface area contributed by atoms with Gasteiger partial charge in [0.05, 0.1) is 11.0 Å². The molecule has 1 aromatic rings. The van der Waals surface area contributed by atoms with E-state index in [2.05, 4.69) is 10.3 Å². The first-order valence-corrected chi connectivity index (χ1v) is 5.85. The second-order valence-electron chi connectivity index (χ2n) is 4.69. The molecule has 104 valence electrons. The predicted octanol–water partition coefficient (Wildman–Crippen LogP) is 2.77. The first kappa shape index (κ1) is 13.6. The van der Waals surface area contributed by atoms with Crippen LogP contribution >= 0.6 is 0 Å². The van der Waals surface area contributed by atoms with Crippen molar-refractivity contribution in [2.24, 2.45) is 5.41 Å². The fourth-order valence-electron chi connectivity index (χ4n) is 2.10. The zero-order chi connectivity index (χ0) is 14.1. The Bertz CT molecular complexity index is 484. The summed E-state index contributed by atoms with van der Waals surface area (Å²) in [7, 11) is 0. The van der Waals surface area contributed by atoms with Crippen LogP contribution in [0, 0.1) is 5.41 Å². The van der Waals surface area contributed by atoms with Crippen LogP contribution in [0.1, 0.15) is 24.8 Å². The smallest absolute Gasteiger partial charge is 0.419 e. The molecular formula is C12H13F3N2O2. The fraction of sp³-hybridized carbons (Fsp3) is 0.500. The van der Waals surface area contributed by atoms with E-state index in [1.807, 2.05) is 0 Å². The molecule has 0 unspecified atom stereocenters. The van der Waals surface area contributed by atoms with Crippen molar-refractivity contribution in [1.82, 2.24) is 4.98 Å². The van der Waals surface area contributed by atoms with Gasteiger partial charge in [0.25, 0.3) is 0 Å². The average Bonchev–Trinajstić information content (AvgIpc) is 2.26. The van der Waals surface area contributed by atoms with E-state index in [1.165, 1.54) is 12.3 Å². The molecule has 0 aromatic carbocycles. The Morgan fingerprint density at radius 2 is 2.16 bits per heavy atom. The van der Waals surface area contributed by atoms with Crippen molar-refractivity contribution >= 4 is 11.8 Å². The summed E-state index contributed by atoms with van der Waals surface area (Å²) in [4.78, 5) is 14.8. The van der Waals surface area contributed by atoms with Crippen molar-refractivity contribution < 1.29 is 23.1 Å². The summed E-state index contributed by atoms with van der Waals surface area (Å²) in [5.74, 6) is -1.29. The van der Waals surface area contributed by atoms with Crippen molar-refractivity contribution in [2.75, 3.05) is 11.9 Å². The molecule has 2 N–H and O–H groups in total. The van der Waals surface area contributed by atoms with Crippen LogP contribution < -0.4 is 5.32 Å². The van der Waals surface area contributed by atoms with E-state index >= 15 is 0 Å². The maximum absolute atomic E-state index is 12.7. The summed E-state index contributed by atoms with van der Waals surface area (Å²) in [6, 6.07) is 2.12. The molecule has 2 rings (SSSR count). The normalized spacial score (nSPS) is 17.6. The Hall–Kier alpha value is -1.79. The number of alkyl halides is 3. The van der Waals surface area contributed by atoms with E-state index in [0.717, 1.165) is 12.5 Å². The summed E-state index contributed by atoms with van der Waals surface area (Å²) in [6.07, 6.45) is -1.53. The minimum Gasteiger partial charge on any atom is -0.481 e. The average molecular weight is 274 g/mol. The Morgan fingerprint density at radius 3 is 2.63 bits per heavy atom. The molecule has 0 amide bonds. The van der Waals surface area contributed by atoms with Crippen molar-refractivity contribution in [3.05, 3.63) is 23.9 Å². The molecular weight excluding hydrogens is 261 g/mol. The van der Waals surface area contributed by atoms with Gasteiger partial charge in [0.2, 0.25) is 0 Å². The standard InChI is InChI=1S/C12H13F3N2O2/c13-12(14,15)8-3-1-6-16-9(8)17-7-11(10(18)19)4-2-5-11/h1,3,6H,2,4-5,7H2,(H,16,17)(H,18,19). The van der Waals surface area contributed by atoms with Crippen LogP contribution in [0.5, 0.6) is 0 Å². The molecule has 1 fully saturated rings. The highest BCUT2D eigenvalue weighted by Crippen LogP contribution is 2.42. The van der Waals surface area contributed by atoms with Crippen molar-refractivity contribution in [3.8, 4) is 0 Å². The molecule has 4 nitrogen and oxygen atoms in total. The maximum atomic E-state index is 12.7. The lowest BCUT2D eigenvalue weighted by molar-refractivity contribution is -0.153. The molecule has 0 atom stereocenters. The van der Waals surface area contributed by atoms with Gasteiger partial charge in [-0.15, -0.1) is 0 Å². The van der Waals surface area contributed by atoms with E-state index < -0.39 is 23.1 Å². The summed E-state index contributed by atoms with van der Waals surface area (Å²) in [5.41, 5.74) is -1.84. The minimum absolute atomic E-state index is 0.0393. The lowest BCUT2D eigenvalue weighted by Gasteiger charge is -2.37. The van der Waals surface area contributed by atoms with Gasteiger partial charge in [0.1, 0.15) is 5.82 Å². The van der Waals surface area contributed by atoms with Crippen LogP contribution in [0.2, 0.25) is 0 Å². The number of carboxylic acid groups (broad SMARTS) is 1. The van der Waals surface area contributed by atoms with Crippen LogP contribution in [0.25, 0.3) is 0 Å². The summed E-state index contributed by atoms with van der Waals surface area (Å²) in [6.45, 7) is -0.0393. The fourth-order valence-corrected chi connectivity index (χ4v) is 2.10. The highest BCUT2D eigenvalue weighted by Gasteiger charge is 2.44. The molecule has 19 heavy (non-hydrogen) atoms. The van der Waals surface area contributed by atoms with Gasteiger partial charge in [-0.05, 0) is 25.0 Å². The largest absolute Gasteiger partial charge is 0.481 e. The SMILES string of the molecule is O=C(O)C1(CNc2ncccc2C(F)(F)F)CCC1. The van der Waals surface area contributed by atoms with E-state index in [1.54, 1.807) is 0 Å². The summed E-state index contributed by atoms with van der Waals surface area (Å²) >= 11 is 0. The molecule has 0 radical (unpaired) electrons. The topological polar surface area (TPSA) is 62.2 Å². The van der Waals surface area contributed by atoms with Crippen molar-refractivity contribution in [2.45, 2.75) is 25.4 Å². The third kappa shape index (κ3) is 2.64. The van der Waals surface area contributed by atoms with Gasteiger partial charge in [-0.25, -0.2) is 4.98 Å². The number of pyridine rings is 1. The van der Waals surface area contributed by atoms with Gasteiger partial charge >= 0.3 is 12.1 Å². The molecule has 1 saturated carbocycles. The Morgan fingerprint density at radius 1 is 1.47 bits per heavy atom. The number of aliphatic carboxylic acids is 1. The number of nitrogens with one attached hydrogen (secondary N) is 1. The quantitative estimate of drug-likeness (QED) is 0.886. The third-order valence-electron chi connectivity index (χ3n) is 3.47. The molecule has 0 saturated heterocycles. The van der Waals surface area contributed by atoms with E-state index in [9.17, 15) is 18.0 Å². The van der Waals surface area contributed by atoms with Gasteiger partial charge in [0, 0.05) is 12.7 Å². The maximum Gasteiger partial charge on any atom is 0.419 e. The second-order valence-corrected chi connectivity index (χ2v) is 4.69. The van der Waals surface area contributed by atoms with Gasteiger partial charge in [-0.3, -0.25) is 4.79 Å². The highest BCUT2D eigenvalue weighted by atomic mass is 19.4. The van der Waals surface area contributed by atoms with Crippen LogP contribution in [-0.2, 0) is 11.0 Å². The number of aromatic nitrogens is 1. The van der Waals surface area contributed by atoms with E-state index in [-0.39, 0.29) is 12.4 Å².